The van der Waals surface area contributed by atoms with Crippen LogP contribution >= 0.6 is 11.8 Å². The average Bonchev–Trinajstić information content (AvgIpc) is 3.41. The van der Waals surface area contributed by atoms with E-state index in [9.17, 15) is 4.79 Å². The molecular weight excluding hydrogens is 382 g/mol. The Kier molecular flexibility index (Phi) is 5.41. The van der Waals surface area contributed by atoms with Crippen molar-refractivity contribution in [3.8, 4) is 11.5 Å². The van der Waals surface area contributed by atoms with Gasteiger partial charge >= 0.3 is 0 Å². The maximum Gasteiger partial charge on any atom is 0.241 e. The lowest BCUT2D eigenvalue weighted by Gasteiger charge is -2.16. The molecule has 0 atom stereocenters. The highest BCUT2D eigenvalue weighted by atomic mass is 32.2. The van der Waals surface area contributed by atoms with E-state index < -0.39 is 4.75 Å². The smallest absolute Gasteiger partial charge is 0.241 e. The van der Waals surface area contributed by atoms with Gasteiger partial charge in [-0.3, -0.25) is 9.78 Å². The van der Waals surface area contributed by atoms with Gasteiger partial charge < -0.3 is 9.88 Å². The van der Waals surface area contributed by atoms with Gasteiger partial charge in [0.05, 0.1) is 0 Å². The summed E-state index contributed by atoms with van der Waals surface area (Å²) < 4.78 is 1.55. The monoisotopic (exact) mass is 407 g/mol. The molecule has 0 bridgehead atoms. The molecule has 7 heteroatoms. The van der Waals surface area contributed by atoms with Crippen LogP contribution < -0.4 is 5.32 Å². The molecule has 1 amide bonds. The van der Waals surface area contributed by atoms with Crippen LogP contribution in [-0.2, 0) is 11.3 Å². The highest BCUT2D eigenvalue weighted by Gasteiger charge is 2.52. The van der Waals surface area contributed by atoms with Crippen molar-refractivity contribution in [2.45, 2.75) is 56.0 Å². The van der Waals surface area contributed by atoms with Crippen molar-refractivity contribution in [2.24, 2.45) is 0 Å². The summed E-state index contributed by atoms with van der Waals surface area (Å²) in [5, 5.41) is 12.5. The van der Waals surface area contributed by atoms with Gasteiger partial charge in [-0.1, -0.05) is 43.8 Å². The topological polar surface area (TPSA) is 72.7 Å². The molecular formula is C22H25N5OS. The Morgan fingerprint density at radius 2 is 1.93 bits per heavy atom. The fourth-order valence-electron chi connectivity index (χ4n) is 3.19. The quantitative estimate of drug-likeness (QED) is 0.612. The molecule has 4 rings (SSSR count). The second-order valence-electron chi connectivity index (χ2n) is 7.59. The van der Waals surface area contributed by atoms with Gasteiger partial charge in [0.2, 0.25) is 5.91 Å². The SMILES string of the molecule is CCn1c(SC2(C(=O)Nc3ccc(C(C)C)cc3)CC2)nnc1-c1ccccn1. The van der Waals surface area contributed by atoms with Gasteiger partial charge in [0.15, 0.2) is 11.0 Å². The third kappa shape index (κ3) is 4.05. The highest BCUT2D eigenvalue weighted by Crippen LogP contribution is 2.52. The number of rotatable bonds is 7. The average molecular weight is 408 g/mol. The standard InChI is InChI=1S/C22H25N5OS/c1-4-27-19(18-7-5-6-14-23-18)25-26-21(27)29-22(12-13-22)20(28)24-17-10-8-16(9-11-17)15(2)3/h5-11,14-15H,4,12-13H2,1-3H3,(H,24,28). The van der Waals surface area contributed by atoms with E-state index in [4.69, 9.17) is 0 Å². The van der Waals surface area contributed by atoms with Crippen molar-refractivity contribution in [3.63, 3.8) is 0 Å². The predicted molar refractivity (Wildman–Crippen MR) is 116 cm³/mol. The minimum Gasteiger partial charge on any atom is -0.325 e. The molecule has 1 N–H and O–H groups in total. The third-order valence-electron chi connectivity index (χ3n) is 5.17. The Bertz CT molecular complexity index is 994. The van der Waals surface area contributed by atoms with Crippen molar-refractivity contribution in [3.05, 3.63) is 54.2 Å². The Labute approximate surface area is 175 Å². The van der Waals surface area contributed by atoms with E-state index in [1.807, 2.05) is 34.9 Å². The zero-order chi connectivity index (χ0) is 20.4. The van der Waals surface area contributed by atoms with Crippen LogP contribution in [0, 0.1) is 0 Å². The lowest BCUT2D eigenvalue weighted by Crippen LogP contribution is -2.27. The Balaban J connectivity index is 1.50. The summed E-state index contributed by atoms with van der Waals surface area (Å²) in [6.45, 7) is 7.09. The zero-order valence-corrected chi connectivity index (χ0v) is 17.7. The van der Waals surface area contributed by atoms with Crippen molar-refractivity contribution in [2.75, 3.05) is 5.32 Å². The molecule has 29 heavy (non-hydrogen) atoms. The number of nitrogens with one attached hydrogen (secondary N) is 1. The lowest BCUT2D eigenvalue weighted by molar-refractivity contribution is -0.116. The number of hydrogen-bond acceptors (Lipinski definition) is 5. The molecule has 0 aliphatic heterocycles. The molecule has 1 aromatic carbocycles. The molecule has 150 valence electrons. The molecule has 1 aliphatic rings. The zero-order valence-electron chi connectivity index (χ0n) is 16.9. The first-order valence-corrected chi connectivity index (χ1v) is 10.8. The number of carbonyl (C=O) groups excluding carboxylic acids is 1. The first-order chi connectivity index (χ1) is 14.0. The van der Waals surface area contributed by atoms with Crippen LogP contribution in [0.25, 0.3) is 11.5 Å². The van der Waals surface area contributed by atoms with Crippen LogP contribution in [0.1, 0.15) is 45.1 Å². The minimum atomic E-state index is -0.474. The minimum absolute atomic E-state index is 0.0323. The molecule has 2 heterocycles. The summed E-state index contributed by atoms with van der Waals surface area (Å²) in [5.74, 6) is 1.24. The molecule has 1 aliphatic carbocycles. The van der Waals surface area contributed by atoms with E-state index in [-0.39, 0.29) is 5.91 Å². The summed E-state index contributed by atoms with van der Waals surface area (Å²) >= 11 is 1.51. The van der Waals surface area contributed by atoms with Gasteiger partial charge in [0.1, 0.15) is 10.4 Å². The van der Waals surface area contributed by atoms with E-state index in [1.54, 1.807) is 6.20 Å². The lowest BCUT2D eigenvalue weighted by atomic mass is 10.0. The summed E-state index contributed by atoms with van der Waals surface area (Å²) in [6, 6.07) is 13.8. The molecule has 0 spiro atoms. The van der Waals surface area contributed by atoms with E-state index in [0.717, 1.165) is 41.7 Å². The second kappa shape index (κ2) is 7.99. The number of pyridine rings is 1. The van der Waals surface area contributed by atoms with E-state index in [0.29, 0.717) is 5.92 Å². The predicted octanol–water partition coefficient (Wildman–Crippen LogP) is 4.75. The van der Waals surface area contributed by atoms with Crippen molar-refractivity contribution in [1.29, 1.82) is 0 Å². The summed E-state index contributed by atoms with van der Waals surface area (Å²) in [4.78, 5) is 17.4. The number of carbonyl (C=O) groups is 1. The number of hydrogen-bond donors (Lipinski definition) is 1. The molecule has 0 saturated heterocycles. The molecule has 1 saturated carbocycles. The largest absolute Gasteiger partial charge is 0.325 e. The molecule has 1 fully saturated rings. The summed E-state index contributed by atoms with van der Waals surface area (Å²) in [6.07, 6.45) is 3.42. The normalized spacial score (nSPS) is 14.8. The van der Waals surface area contributed by atoms with Gasteiger partial charge in [-0.05, 0) is 55.5 Å². The van der Waals surface area contributed by atoms with E-state index in [1.165, 1.54) is 17.3 Å². The van der Waals surface area contributed by atoms with Gasteiger partial charge in [-0.2, -0.15) is 0 Å². The number of anilines is 1. The first kappa shape index (κ1) is 19.6. The number of nitrogens with zero attached hydrogens (tertiary/aromatic N) is 4. The van der Waals surface area contributed by atoms with Crippen LogP contribution in [0.4, 0.5) is 5.69 Å². The summed E-state index contributed by atoms with van der Waals surface area (Å²) in [7, 11) is 0. The van der Waals surface area contributed by atoms with Crippen LogP contribution in [0.15, 0.2) is 53.8 Å². The fourth-order valence-corrected chi connectivity index (χ4v) is 4.40. The van der Waals surface area contributed by atoms with Crippen LogP contribution in [-0.4, -0.2) is 30.4 Å². The number of amides is 1. The third-order valence-corrected chi connectivity index (χ3v) is 6.64. The first-order valence-electron chi connectivity index (χ1n) is 9.97. The molecule has 3 aromatic rings. The Morgan fingerprint density at radius 3 is 2.52 bits per heavy atom. The number of aromatic nitrogens is 4. The molecule has 0 radical (unpaired) electrons. The maximum atomic E-state index is 13.0. The van der Waals surface area contributed by atoms with Gasteiger partial charge in [0, 0.05) is 18.4 Å². The molecule has 0 unspecified atom stereocenters. The van der Waals surface area contributed by atoms with Crippen LogP contribution in [0.3, 0.4) is 0 Å². The second-order valence-corrected chi connectivity index (χ2v) is 8.94. The maximum absolute atomic E-state index is 13.0. The Morgan fingerprint density at radius 1 is 1.17 bits per heavy atom. The van der Waals surface area contributed by atoms with Crippen LogP contribution in [0.2, 0.25) is 0 Å². The molecule has 2 aromatic heterocycles. The number of benzene rings is 1. The number of thioether (sulfide) groups is 1. The van der Waals surface area contributed by atoms with E-state index >= 15 is 0 Å². The summed E-state index contributed by atoms with van der Waals surface area (Å²) in [5.41, 5.74) is 2.88. The fraction of sp³-hybridized carbons (Fsp3) is 0.364. The van der Waals surface area contributed by atoms with Gasteiger partial charge in [-0.15, -0.1) is 10.2 Å². The van der Waals surface area contributed by atoms with Crippen LogP contribution in [0.5, 0.6) is 0 Å². The van der Waals surface area contributed by atoms with Crippen molar-refractivity contribution >= 4 is 23.4 Å². The van der Waals surface area contributed by atoms with Crippen molar-refractivity contribution < 1.29 is 4.79 Å². The van der Waals surface area contributed by atoms with Gasteiger partial charge in [0.25, 0.3) is 0 Å². The Hall–Kier alpha value is -2.67. The van der Waals surface area contributed by atoms with Gasteiger partial charge in [-0.25, -0.2) is 0 Å². The molecule has 6 nitrogen and oxygen atoms in total. The highest BCUT2D eigenvalue weighted by molar-refractivity contribution is 8.01. The van der Waals surface area contributed by atoms with Crippen molar-refractivity contribution in [1.82, 2.24) is 19.7 Å². The van der Waals surface area contributed by atoms with E-state index in [2.05, 4.69) is 53.4 Å².